The van der Waals surface area contributed by atoms with Gasteiger partial charge in [-0.05, 0) is 33.6 Å². The van der Waals surface area contributed by atoms with Crippen molar-refractivity contribution in [2.75, 3.05) is 26.8 Å². The zero-order valence-corrected chi connectivity index (χ0v) is 12.7. The number of ether oxygens (including phenoxy) is 1. The molecule has 1 rings (SSSR count). The number of hydrogen-bond acceptors (Lipinski definition) is 3. The van der Waals surface area contributed by atoms with Crippen molar-refractivity contribution >= 4 is 0 Å². The van der Waals surface area contributed by atoms with E-state index in [1.54, 1.807) is 7.11 Å². The highest BCUT2D eigenvalue weighted by Gasteiger charge is 2.19. The van der Waals surface area contributed by atoms with E-state index in [4.69, 9.17) is 4.74 Å². The van der Waals surface area contributed by atoms with Crippen LogP contribution in [0, 0.1) is 0 Å². The molecule has 0 amide bonds. The minimum Gasteiger partial charge on any atom is -0.383 e. The smallest absolute Gasteiger partial charge is 0.0589 e. The van der Waals surface area contributed by atoms with Crippen LogP contribution >= 0.6 is 0 Å². The van der Waals surface area contributed by atoms with Crippen LogP contribution in [0.5, 0.6) is 0 Å². The fourth-order valence-corrected chi connectivity index (χ4v) is 2.95. The van der Waals surface area contributed by atoms with Crippen LogP contribution in [-0.2, 0) is 4.74 Å². The molecule has 1 unspecified atom stereocenters. The molecule has 18 heavy (non-hydrogen) atoms. The summed E-state index contributed by atoms with van der Waals surface area (Å²) in [6, 6.07) is 1.93. The topological polar surface area (TPSA) is 24.5 Å². The molecule has 0 aromatic rings. The van der Waals surface area contributed by atoms with Gasteiger partial charge in [-0.2, -0.15) is 0 Å². The Morgan fingerprint density at radius 1 is 1.17 bits per heavy atom. The average Bonchev–Trinajstić information content (AvgIpc) is 2.37. The Balaban J connectivity index is 2.28. The number of rotatable bonds is 8. The Labute approximate surface area is 113 Å². The quantitative estimate of drug-likeness (QED) is 0.722. The van der Waals surface area contributed by atoms with Crippen molar-refractivity contribution in [2.45, 2.75) is 71.0 Å². The standard InChI is InChI=1S/C15H32N2O/c1-13(2)17(10-11-18-4)14(3)12-16-15-8-6-5-7-9-15/h13-16H,5-12H2,1-4H3. The third-order valence-corrected chi connectivity index (χ3v) is 4.09. The SMILES string of the molecule is COCCN(C(C)C)C(C)CNC1CCCCC1. The highest BCUT2D eigenvalue weighted by atomic mass is 16.5. The lowest BCUT2D eigenvalue weighted by Crippen LogP contribution is -2.47. The van der Waals surface area contributed by atoms with E-state index < -0.39 is 0 Å². The fraction of sp³-hybridized carbons (Fsp3) is 1.00. The number of nitrogens with zero attached hydrogens (tertiary/aromatic N) is 1. The van der Waals surface area contributed by atoms with Crippen LogP contribution in [0.15, 0.2) is 0 Å². The molecule has 3 heteroatoms. The van der Waals surface area contributed by atoms with E-state index in [9.17, 15) is 0 Å². The summed E-state index contributed by atoms with van der Waals surface area (Å²) in [5, 5.41) is 3.75. The van der Waals surface area contributed by atoms with Gasteiger partial charge in [-0.3, -0.25) is 4.90 Å². The van der Waals surface area contributed by atoms with Gasteiger partial charge in [-0.15, -0.1) is 0 Å². The van der Waals surface area contributed by atoms with Crippen LogP contribution in [0.2, 0.25) is 0 Å². The van der Waals surface area contributed by atoms with Gasteiger partial charge in [-0.1, -0.05) is 19.3 Å². The van der Waals surface area contributed by atoms with Crippen LogP contribution in [0.25, 0.3) is 0 Å². The Morgan fingerprint density at radius 3 is 2.39 bits per heavy atom. The number of methoxy groups -OCH3 is 1. The molecule has 1 aliphatic rings. The van der Waals surface area contributed by atoms with E-state index in [2.05, 4.69) is 31.0 Å². The maximum Gasteiger partial charge on any atom is 0.0589 e. The van der Waals surface area contributed by atoms with Gasteiger partial charge in [0.15, 0.2) is 0 Å². The van der Waals surface area contributed by atoms with Crippen molar-refractivity contribution in [2.24, 2.45) is 0 Å². The lowest BCUT2D eigenvalue weighted by atomic mass is 9.95. The third kappa shape index (κ3) is 5.68. The summed E-state index contributed by atoms with van der Waals surface area (Å²) in [7, 11) is 1.78. The van der Waals surface area contributed by atoms with E-state index >= 15 is 0 Å². The Bertz CT molecular complexity index is 203. The van der Waals surface area contributed by atoms with Gasteiger partial charge < -0.3 is 10.1 Å². The molecule has 0 bridgehead atoms. The summed E-state index contributed by atoms with van der Waals surface area (Å²) in [5.74, 6) is 0. The van der Waals surface area contributed by atoms with Crippen LogP contribution in [-0.4, -0.2) is 49.8 Å². The number of nitrogens with one attached hydrogen (secondary N) is 1. The molecule has 1 atom stereocenters. The Morgan fingerprint density at radius 2 is 1.83 bits per heavy atom. The summed E-state index contributed by atoms with van der Waals surface area (Å²) in [6.07, 6.45) is 6.98. The summed E-state index contributed by atoms with van der Waals surface area (Å²) in [6.45, 7) is 9.82. The minimum absolute atomic E-state index is 0.585. The lowest BCUT2D eigenvalue weighted by Gasteiger charge is -2.34. The van der Waals surface area contributed by atoms with Gasteiger partial charge in [0, 0.05) is 38.3 Å². The molecule has 0 aromatic carbocycles. The molecule has 108 valence electrons. The van der Waals surface area contributed by atoms with Crippen LogP contribution in [0.3, 0.4) is 0 Å². The second kappa shape index (κ2) is 8.89. The van der Waals surface area contributed by atoms with Gasteiger partial charge >= 0.3 is 0 Å². The van der Waals surface area contributed by atoms with E-state index in [0.717, 1.165) is 25.7 Å². The molecule has 1 fully saturated rings. The van der Waals surface area contributed by atoms with Gasteiger partial charge in [0.2, 0.25) is 0 Å². The van der Waals surface area contributed by atoms with Crippen molar-refractivity contribution in [1.29, 1.82) is 0 Å². The summed E-state index contributed by atoms with van der Waals surface area (Å²) in [4.78, 5) is 2.53. The molecule has 0 radical (unpaired) electrons. The highest BCUT2D eigenvalue weighted by molar-refractivity contribution is 4.77. The van der Waals surface area contributed by atoms with Crippen molar-refractivity contribution in [3.8, 4) is 0 Å². The van der Waals surface area contributed by atoms with Crippen LogP contribution in [0.1, 0.15) is 52.9 Å². The molecule has 1 N–H and O–H groups in total. The molecule has 0 spiro atoms. The minimum atomic E-state index is 0.585. The first-order chi connectivity index (χ1) is 8.65. The van der Waals surface area contributed by atoms with E-state index in [1.807, 2.05) is 0 Å². The van der Waals surface area contributed by atoms with Gasteiger partial charge in [0.25, 0.3) is 0 Å². The highest BCUT2D eigenvalue weighted by Crippen LogP contribution is 2.17. The summed E-state index contributed by atoms with van der Waals surface area (Å²) < 4.78 is 5.21. The second-order valence-electron chi connectivity index (χ2n) is 5.92. The predicted octanol–water partition coefficient (Wildman–Crippen LogP) is 2.65. The first-order valence-corrected chi connectivity index (χ1v) is 7.63. The Kier molecular flexibility index (Phi) is 7.87. The monoisotopic (exact) mass is 256 g/mol. The second-order valence-corrected chi connectivity index (χ2v) is 5.92. The van der Waals surface area contributed by atoms with E-state index in [-0.39, 0.29) is 0 Å². The summed E-state index contributed by atoms with van der Waals surface area (Å²) in [5.41, 5.74) is 0. The maximum absolute atomic E-state index is 5.21. The molecule has 0 aromatic heterocycles. The maximum atomic E-state index is 5.21. The summed E-state index contributed by atoms with van der Waals surface area (Å²) >= 11 is 0. The van der Waals surface area contributed by atoms with Crippen LogP contribution < -0.4 is 5.32 Å². The predicted molar refractivity (Wildman–Crippen MR) is 78.1 cm³/mol. The van der Waals surface area contributed by atoms with Crippen molar-refractivity contribution < 1.29 is 4.74 Å². The van der Waals surface area contributed by atoms with Gasteiger partial charge in [0.1, 0.15) is 0 Å². The van der Waals surface area contributed by atoms with Gasteiger partial charge in [-0.25, -0.2) is 0 Å². The molecule has 3 nitrogen and oxygen atoms in total. The molecular weight excluding hydrogens is 224 g/mol. The van der Waals surface area contributed by atoms with Crippen molar-refractivity contribution in [3.63, 3.8) is 0 Å². The van der Waals surface area contributed by atoms with E-state index in [0.29, 0.717) is 12.1 Å². The molecular formula is C15H32N2O. The molecule has 1 aliphatic carbocycles. The first kappa shape index (κ1) is 15.9. The lowest BCUT2D eigenvalue weighted by molar-refractivity contribution is 0.0991. The molecule has 0 aliphatic heterocycles. The first-order valence-electron chi connectivity index (χ1n) is 7.63. The van der Waals surface area contributed by atoms with E-state index in [1.165, 1.54) is 32.1 Å². The third-order valence-electron chi connectivity index (χ3n) is 4.09. The zero-order chi connectivity index (χ0) is 13.4. The number of hydrogen-bond donors (Lipinski definition) is 1. The molecule has 0 heterocycles. The van der Waals surface area contributed by atoms with Gasteiger partial charge in [0.05, 0.1) is 6.61 Å². The zero-order valence-electron chi connectivity index (χ0n) is 12.7. The normalized spacial score (nSPS) is 19.7. The van der Waals surface area contributed by atoms with Crippen molar-refractivity contribution in [1.82, 2.24) is 10.2 Å². The molecule has 1 saturated carbocycles. The molecule has 0 saturated heterocycles. The van der Waals surface area contributed by atoms with Crippen molar-refractivity contribution in [3.05, 3.63) is 0 Å². The fourth-order valence-electron chi connectivity index (χ4n) is 2.95. The average molecular weight is 256 g/mol. The largest absolute Gasteiger partial charge is 0.383 e. The Hall–Kier alpha value is -0.120. The van der Waals surface area contributed by atoms with Crippen LogP contribution in [0.4, 0.5) is 0 Å².